The van der Waals surface area contributed by atoms with Crippen LogP contribution in [0.15, 0.2) is 0 Å². The van der Waals surface area contributed by atoms with Gasteiger partial charge in [0, 0.05) is 19.5 Å². The Bertz CT molecular complexity index is 213. The van der Waals surface area contributed by atoms with E-state index in [0.717, 1.165) is 12.8 Å². The molecule has 0 radical (unpaired) electrons. The molecule has 0 bridgehead atoms. The average molecular weight is 231 g/mol. The summed E-state index contributed by atoms with van der Waals surface area (Å²) in [5.74, 6) is -1.09. The first-order valence-corrected chi connectivity index (χ1v) is 5.51. The minimum atomic E-state index is -0.953. The topological polar surface area (TPSA) is 110 Å². The van der Waals surface area contributed by atoms with Crippen molar-refractivity contribution in [1.82, 2.24) is 4.90 Å². The monoisotopic (exact) mass is 231 g/mol. The van der Waals surface area contributed by atoms with Crippen LogP contribution < -0.4 is 11.5 Å². The summed E-state index contributed by atoms with van der Waals surface area (Å²) in [6.07, 6.45) is 1.37. The molecule has 0 unspecified atom stereocenters. The molecule has 0 rings (SSSR count). The van der Waals surface area contributed by atoms with Gasteiger partial charge in [-0.15, -0.1) is 0 Å². The van der Waals surface area contributed by atoms with Crippen molar-refractivity contribution in [2.45, 2.75) is 25.7 Å². The number of nitrogens with two attached hydrogens (primary N) is 2. The Kier molecular flexibility index (Phi) is 8.46. The second-order valence-electron chi connectivity index (χ2n) is 3.56. The van der Waals surface area contributed by atoms with Gasteiger partial charge in [0.1, 0.15) is 0 Å². The highest BCUT2D eigenvalue weighted by Gasteiger charge is 2.13. The molecule has 0 aliphatic heterocycles. The van der Waals surface area contributed by atoms with Gasteiger partial charge in [-0.05, 0) is 25.9 Å². The minimum Gasteiger partial charge on any atom is -0.481 e. The molecular weight excluding hydrogens is 210 g/mol. The lowest BCUT2D eigenvalue weighted by Gasteiger charge is -2.22. The van der Waals surface area contributed by atoms with Gasteiger partial charge in [-0.2, -0.15) is 0 Å². The summed E-state index contributed by atoms with van der Waals surface area (Å²) >= 11 is 0. The third-order valence-corrected chi connectivity index (χ3v) is 2.17. The molecule has 0 aromatic heterocycles. The molecule has 0 aromatic rings. The minimum absolute atomic E-state index is 0.0461. The normalized spacial score (nSPS) is 10.1. The van der Waals surface area contributed by atoms with Crippen LogP contribution in [0.1, 0.15) is 25.7 Å². The van der Waals surface area contributed by atoms with Gasteiger partial charge in [0.15, 0.2) is 0 Å². The lowest BCUT2D eigenvalue weighted by molar-refractivity contribution is -0.141. The van der Waals surface area contributed by atoms with Crippen molar-refractivity contribution < 1.29 is 14.7 Å². The van der Waals surface area contributed by atoms with Crippen LogP contribution in [0.25, 0.3) is 0 Å². The Morgan fingerprint density at radius 1 is 1.00 bits per heavy atom. The number of carboxylic acids is 1. The molecule has 0 fully saturated rings. The predicted molar refractivity (Wildman–Crippen MR) is 60.8 cm³/mol. The summed E-state index contributed by atoms with van der Waals surface area (Å²) in [6.45, 7) is 2.20. The van der Waals surface area contributed by atoms with Crippen molar-refractivity contribution >= 4 is 11.9 Å². The summed E-state index contributed by atoms with van der Waals surface area (Å²) < 4.78 is 0. The van der Waals surface area contributed by atoms with Crippen molar-refractivity contribution in [3.05, 3.63) is 0 Å². The van der Waals surface area contributed by atoms with E-state index in [4.69, 9.17) is 16.6 Å². The van der Waals surface area contributed by atoms with Crippen LogP contribution >= 0.6 is 0 Å². The molecular formula is C10H21N3O3. The molecule has 16 heavy (non-hydrogen) atoms. The number of aliphatic carboxylic acids is 1. The molecule has 0 aliphatic rings. The first kappa shape index (κ1) is 14.9. The fourth-order valence-electron chi connectivity index (χ4n) is 1.30. The zero-order chi connectivity index (χ0) is 12.4. The van der Waals surface area contributed by atoms with E-state index < -0.39 is 5.97 Å². The predicted octanol–water partition coefficient (Wildman–Crippen LogP) is -0.623. The lowest BCUT2D eigenvalue weighted by Crippen LogP contribution is -2.34. The number of carboxylic acid groups (broad SMARTS) is 1. The van der Waals surface area contributed by atoms with Crippen LogP contribution in [0.2, 0.25) is 0 Å². The number of hydrogen-bond donors (Lipinski definition) is 3. The molecule has 0 spiro atoms. The third-order valence-electron chi connectivity index (χ3n) is 2.17. The van der Waals surface area contributed by atoms with E-state index in [-0.39, 0.29) is 18.7 Å². The maximum atomic E-state index is 11.6. The summed E-state index contributed by atoms with van der Waals surface area (Å²) in [5, 5.41) is 8.49. The van der Waals surface area contributed by atoms with Crippen LogP contribution in [-0.2, 0) is 9.59 Å². The van der Waals surface area contributed by atoms with Crippen LogP contribution in [-0.4, -0.2) is 48.1 Å². The van der Waals surface area contributed by atoms with E-state index >= 15 is 0 Å². The first-order valence-electron chi connectivity index (χ1n) is 5.51. The van der Waals surface area contributed by atoms with E-state index in [1.54, 1.807) is 4.90 Å². The maximum absolute atomic E-state index is 11.6. The van der Waals surface area contributed by atoms with Gasteiger partial charge in [0.25, 0.3) is 0 Å². The molecule has 6 heteroatoms. The fraction of sp³-hybridized carbons (Fsp3) is 0.800. The molecule has 94 valence electrons. The molecule has 0 aromatic carbocycles. The number of amides is 1. The van der Waals surface area contributed by atoms with E-state index in [1.807, 2.05) is 0 Å². The quantitative estimate of drug-likeness (QED) is 0.490. The van der Waals surface area contributed by atoms with Gasteiger partial charge >= 0.3 is 5.97 Å². The second-order valence-corrected chi connectivity index (χ2v) is 3.56. The summed E-state index contributed by atoms with van der Waals surface area (Å²) in [7, 11) is 0. The van der Waals surface area contributed by atoms with Gasteiger partial charge in [-0.1, -0.05) is 0 Å². The van der Waals surface area contributed by atoms with Crippen molar-refractivity contribution in [3.63, 3.8) is 0 Å². The molecule has 0 aliphatic carbocycles. The van der Waals surface area contributed by atoms with Gasteiger partial charge in [-0.25, -0.2) is 0 Å². The Balaban J connectivity index is 4.03. The van der Waals surface area contributed by atoms with Gasteiger partial charge in [0.2, 0.25) is 5.91 Å². The lowest BCUT2D eigenvalue weighted by atomic mass is 10.2. The Hall–Kier alpha value is -1.14. The van der Waals surface area contributed by atoms with Gasteiger partial charge < -0.3 is 21.5 Å². The summed E-state index contributed by atoms with van der Waals surface area (Å²) in [4.78, 5) is 23.6. The van der Waals surface area contributed by atoms with Crippen LogP contribution in [0, 0.1) is 0 Å². The molecule has 1 amide bonds. The SMILES string of the molecule is NCCCN(CCCN)C(=O)CCC(=O)O. The average Bonchev–Trinajstić information content (AvgIpc) is 2.26. The Morgan fingerprint density at radius 2 is 1.50 bits per heavy atom. The van der Waals surface area contributed by atoms with Crippen molar-refractivity contribution in [3.8, 4) is 0 Å². The molecule has 0 saturated heterocycles. The summed E-state index contributed by atoms with van der Waals surface area (Å²) in [5.41, 5.74) is 10.7. The fourth-order valence-corrected chi connectivity index (χ4v) is 1.30. The van der Waals surface area contributed by atoms with Crippen molar-refractivity contribution in [1.29, 1.82) is 0 Å². The van der Waals surface area contributed by atoms with E-state index in [9.17, 15) is 9.59 Å². The highest BCUT2D eigenvalue weighted by Crippen LogP contribution is 2.00. The second kappa shape index (κ2) is 9.11. The number of rotatable bonds is 9. The standard InChI is InChI=1S/C10H21N3O3/c11-5-1-7-13(8-2-6-12)9(14)3-4-10(15)16/h1-8,11-12H2,(H,15,16). The summed E-state index contributed by atoms with van der Waals surface area (Å²) in [6, 6.07) is 0. The van der Waals surface area contributed by atoms with Crippen LogP contribution in [0.4, 0.5) is 0 Å². The van der Waals surface area contributed by atoms with E-state index in [0.29, 0.717) is 26.2 Å². The maximum Gasteiger partial charge on any atom is 0.303 e. The first-order chi connectivity index (χ1) is 7.61. The van der Waals surface area contributed by atoms with Crippen LogP contribution in [0.3, 0.4) is 0 Å². The van der Waals surface area contributed by atoms with Crippen LogP contribution in [0.5, 0.6) is 0 Å². The zero-order valence-corrected chi connectivity index (χ0v) is 9.52. The zero-order valence-electron chi connectivity index (χ0n) is 9.52. The number of hydrogen-bond acceptors (Lipinski definition) is 4. The molecule has 5 N–H and O–H groups in total. The molecule has 6 nitrogen and oxygen atoms in total. The number of carbonyl (C=O) groups excluding carboxylic acids is 1. The number of nitrogens with zero attached hydrogens (tertiary/aromatic N) is 1. The highest BCUT2D eigenvalue weighted by molar-refractivity contribution is 5.80. The van der Waals surface area contributed by atoms with Gasteiger partial charge in [0.05, 0.1) is 6.42 Å². The molecule has 0 heterocycles. The van der Waals surface area contributed by atoms with Crippen molar-refractivity contribution in [2.75, 3.05) is 26.2 Å². The van der Waals surface area contributed by atoms with Gasteiger partial charge in [-0.3, -0.25) is 9.59 Å². The van der Waals surface area contributed by atoms with E-state index in [1.165, 1.54) is 0 Å². The van der Waals surface area contributed by atoms with Crippen molar-refractivity contribution in [2.24, 2.45) is 11.5 Å². The molecule has 0 atom stereocenters. The Morgan fingerprint density at radius 3 is 1.88 bits per heavy atom. The molecule has 0 saturated carbocycles. The highest BCUT2D eigenvalue weighted by atomic mass is 16.4. The van der Waals surface area contributed by atoms with E-state index in [2.05, 4.69) is 0 Å². The Labute approximate surface area is 95.6 Å². The largest absolute Gasteiger partial charge is 0.481 e. The smallest absolute Gasteiger partial charge is 0.303 e. The number of carbonyl (C=O) groups is 2. The third kappa shape index (κ3) is 7.19.